The van der Waals surface area contributed by atoms with Gasteiger partial charge < -0.3 is 0 Å². The molecule has 0 saturated carbocycles. The van der Waals surface area contributed by atoms with E-state index < -0.39 is 0 Å². The lowest BCUT2D eigenvalue weighted by Gasteiger charge is -2.22. The Morgan fingerprint density at radius 3 is 1.72 bits per heavy atom. The smallest absolute Gasteiger partial charge is 0.238 e. The molecule has 12 aromatic rings. The van der Waals surface area contributed by atoms with Crippen molar-refractivity contribution < 1.29 is 0 Å². The van der Waals surface area contributed by atoms with Crippen LogP contribution in [0, 0.1) is 0 Å². The van der Waals surface area contributed by atoms with E-state index in [-0.39, 0.29) is 5.41 Å². The van der Waals surface area contributed by atoms with Gasteiger partial charge in [0.2, 0.25) is 5.95 Å². The zero-order valence-corrected chi connectivity index (χ0v) is 35.4. The van der Waals surface area contributed by atoms with Crippen molar-refractivity contribution in [2.75, 3.05) is 0 Å². The standard InChI is InChI=1S/C60H40N4/c1-60(2)52-26-13-12-21-47(52)48-34-33-42(36-53(48)60)44-24-14-25-51-54-49-22-10-8-19-45(49)46-20-9-11-23-50(46)56(54)64(55(44)51)59-62-57(40-30-27-39(28-31-40)37-15-4-3-5-16-37)61-58(63-59)43-32-29-38-17-6-7-18-41(38)35-43/h3-36H,1-2H3. The number of rotatable bonds is 5. The van der Waals surface area contributed by atoms with Crippen LogP contribution in [0.5, 0.6) is 0 Å². The Morgan fingerprint density at radius 1 is 0.344 bits per heavy atom. The highest BCUT2D eigenvalue weighted by Gasteiger charge is 2.35. The average Bonchev–Trinajstić information content (AvgIpc) is 3.83. The van der Waals surface area contributed by atoms with Crippen molar-refractivity contribution in [2.45, 2.75) is 19.3 Å². The first-order valence-corrected chi connectivity index (χ1v) is 22.0. The minimum atomic E-state index is -0.150. The van der Waals surface area contributed by atoms with Gasteiger partial charge in [-0.15, -0.1) is 0 Å². The van der Waals surface area contributed by atoms with Crippen LogP contribution < -0.4 is 0 Å². The number of aromatic nitrogens is 4. The summed E-state index contributed by atoms with van der Waals surface area (Å²) in [6.45, 7) is 4.70. The first-order valence-electron chi connectivity index (χ1n) is 22.0. The molecule has 0 N–H and O–H groups in total. The molecule has 4 heteroatoms. The third kappa shape index (κ3) is 5.45. The lowest BCUT2D eigenvalue weighted by atomic mass is 9.81. The highest BCUT2D eigenvalue weighted by Crippen LogP contribution is 2.51. The Morgan fingerprint density at radius 2 is 0.906 bits per heavy atom. The van der Waals surface area contributed by atoms with Gasteiger partial charge >= 0.3 is 0 Å². The van der Waals surface area contributed by atoms with Crippen molar-refractivity contribution in [3.8, 4) is 62.1 Å². The van der Waals surface area contributed by atoms with E-state index in [0.29, 0.717) is 17.6 Å². The number of benzene rings is 10. The van der Waals surface area contributed by atoms with Crippen LogP contribution in [-0.2, 0) is 5.41 Å². The summed E-state index contributed by atoms with van der Waals surface area (Å²) >= 11 is 0. The maximum atomic E-state index is 5.51. The van der Waals surface area contributed by atoms with Crippen LogP contribution in [-0.4, -0.2) is 19.5 Å². The SMILES string of the molecule is CC1(C)c2ccccc2-c2ccc(-c3cccc4c5c6ccccc6c6ccccc6c5n(-c5nc(-c6ccc(-c7ccccc7)cc6)nc(-c6ccc7ccccc7c6)n5)c34)cc21. The predicted octanol–water partition coefficient (Wildman–Crippen LogP) is 15.4. The molecule has 4 nitrogen and oxygen atoms in total. The molecule has 13 rings (SSSR count). The van der Waals surface area contributed by atoms with Crippen molar-refractivity contribution in [1.29, 1.82) is 0 Å². The fourth-order valence-corrected chi connectivity index (χ4v) is 10.5. The number of para-hydroxylation sites is 1. The molecule has 10 aromatic carbocycles. The van der Waals surface area contributed by atoms with Gasteiger partial charge in [0, 0.05) is 38.3 Å². The molecule has 0 fully saturated rings. The lowest BCUT2D eigenvalue weighted by Crippen LogP contribution is -2.14. The van der Waals surface area contributed by atoms with Crippen molar-refractivity contribution in [3.63, 3.8) is 0 Å². The van der Waals surface area contributed by atoms with Crippen LogP contribution in [0.1, 0.15) is 25.0 Å². The summed E-state index contributed by atoms with van der Waals surface area (Å²) in [4.78, 5) is 16.3. The fourth-order valence-electron chi connectivity index (χ4n) is 10.5. The highest BCUT2D eigenvalue weighted by molar-refractivity contribution is 6.33. The van der Waals surface area contributed by atoms with Crippen LogP contribution in [0.4, 0.5) is 0 Å². The molecule has 64 heavy (non-hydrogen) atoms. The van der Waals surface area contributed by atoms with Crippen LogP contribution in [0.2, 0.25) is 0 Å². The van der Waals surface area contributed by atoms with Gasteiger partial charge in [0.05, 0.1) is 11.0 Å². The summed E-state index contributed by atoms with van der Waals surface area (Å²) in [7, 11) is 0. The molecule has 0 atom stereocenters. The number of fused-ring (bicyclic) bond motifs is 12. The molecule has 0 bridgehead atoms. The molecule has 0 amide bonds. The van der Waals surface area contributed by atoms with Crippen molar-refractivity contribution in [2.24, 2.45) is 0 Å². The third-order valence-electron chi connectivity index (χ3n) is 13.6. The monoisotopic (exact) mass is 816 g/mol. The number of nitrogens with zero attached hydrogens (tertiary/aromatic N) is 4. The molecule has 2 aromatic heterocycles. The first-order chi connectivity index (χ1) is 31.5. The second-order valence-corrected chi connectivity index (χ2v) is 17.6. The zero-order valence-electron chi connectivity index (χ0n) is 35.4. The maximum Gasteiger partial charge on any atom is 0.238 e. The fraction of sp³-hybridized carbons (Fsp3) is 0.0500. The number of hydrogen-bond acceptors (Lipinski definition) is 3. The number of hydrogen-bond donors (Lipinski definition) is 0. The summed E-state index contributed by atoms with van der Waals surface area (Å²) in [5, 5.41) is 9.39. The van der Waals surface area contributed by atoms with Gasteiger partial charge in [0.1, 0.15) is 0 Å². The normalized spacial score (nSPS) is 13.0. The molecule has 1 aliphatic rings. The van der Waals surface area contributed by atoms with Gasteiger partial charge in [-0.25, -0.2) is 4.98 Å². The molecule has 0 radical (unpaired) electrons. The van der Waals surface area contributed by atoms with Crippen LogP contribution in [0.25, 0.3) is 116 Å². The van der Waals surface area contributed by atoms with E-state index in [9.17, 15) is 0 Å². The van der Waals surface area contributed by atoms with E-state index in [1.54, 1.807) is 0 Å². The minimum Gasteiger partial charge on any atom is -0.277 e. The Bertz CT molecular complexity index is 3860. The van der Waals surface area contributed by atoms with Gasteiger partial charge in [-0.3, -0.25) is 4.57 Å². The molecule has 2 heterocycles. The largest absolute Gasteiger partial charge is 0.277 e. The summed E-state index contributed by atoms with van der Waals surface area (Å²) in [6.07, 6.45) is 0. The van der Waals surface area contributed by atoms with Crippen LogP contribution >= 0.6 is 0 Å². The Labute approximate surface area is 370 Å². The molecule has 1 aliphatic carbocycles. The Balaban J connectivity index is 1.14. The summed E-state index contributed by atoms with van der Waals surface area (Å²) in [5.41, 5.74) is 13.7. The molecule has 0 spiro atoms. The highest BCUT2D eigenvalue weighted by atomic mass is 15.2. The van der Waals surface area contributed by atoms with Crippen molar-refractivity contribution in [1.82, 2.24) is 19.5 Å². The van der Waals surface area contributed by atoms with E-state index in [0.717, 1.165) is 60.6 Å². The van der Waals surface area contributed by atoms with Crippen molar-refractivity contribution in [3.05, 3.63) is 217 Å². The summed E-state index contributed by atoms with van der Waals surface area (Å²) < 4.78 is 2.34. The molecule has 300 valence electrons. The summed E-state index contributed by atoms with van der Waals surface area (Å²) in [6, 6.07) is 74.3. The predicted molar refractivity (Wildman–Crippen MR) is 266 cm³/mol. The average molecular weight is 817 g/mol. The van der Waals surface area contributed by atoms with Crippen LogP contribution in [0.15, 0.2) is 206 Å². The van der Waals surface area contributed by atoms with E-state index in [4.69, 9.17) is 15.0 Å². The van der Waals surface area contributed by atoms with Gasteiger partial charge in [-0.1, -0.05) is 208 Å². The van der Waals surface area contributed by atoms with Gasteiger partial charge in [-0.2, -0.15) is 9.97 Å². The first kappa shape index (κ1) is 36.4. The van der Waals surface area contributed by atoms with E-state index in [2.05, 4.69) is 225 Å². The second kappa shape index (κ2) is 13.9. The third-order valence-corrected chi connectivity index (χ3v) is 13.6. The minimum absolute atomic E-state index is 0.150. The Kier molecular flexibility index (Phi) is 7.92. The van der Waals surface area contributed by atoms with Crippen molar-refractivity contribution >= 4 is 54.1 Å². The van der Waals surface area contributed by atoms with Gasteiger partial charge in [0.25, 0.3) is 0 Å². The lowest BCUT2D eigenvalue weighted by molar-refractivity contribution is 0.660. The maximum absolute atomic E-state index is 5.51. The van der Waals surface area contributed by atoms with E-state index in [1.165, 1.54) is 49.2 Å². The summed E-state index contributed by atoms with van der Waals surface area (Å²) in [5.74, 6) is 1.80. The van der Waals surface area contributed by atoms with E-state index >= 15 is 0 Å². The second-order valence-electron chi connectivity index (χ2n) is 17.6. The van der Waals surface area contributed by atoms with Crippen LogP contribution in [0.3, 0.4) is 0 Å². The topological polar surface area (TPSA) is 43.6 Å². The Hall–Kier alpha value is -8.21. The zero-order chi connectivity index (χ0) is 42.5. The van der Waals surface area contributed by atoms with Gasteiger partial charge in [0.15, 0.2) is 11.6 Å². The quantitative estimate of drug-likeness (QED) is 0.163. The molecule has 0 saturated heterocycles. The van der Waals surface area contributed by atoms with Gasteiger partial charge in [-0.05, 0) is 78.0 Å². The molecule has 0 unspecified atom stereocenters. The molecular weight excluding hydrogens is 777 g/mol. The van der Waals surface area contributed by atoms with E-state index in [1.807, 2.05) is 0 Å². The molecular formula is C60H40N4. The molecule has 0 aliphatic heterocycles.